The molecule has 0 radical (unpaired) electrons. The number of benzene rings is 2. The van der Waals surface area contributed by atoms with Gasteiger partial charge in [-0.1, -0.05) is 60.2 Å². The van der Waals surface area contributed by atoms with Crippen molar-refractivity contribution in [2.24, 2.45) is 5.73 Å². The van der Waals surface area contributed by atoms with Crippen LogP contribution in [0, 0.1) is 18.3 Å². The van der Waals surface area contributed by atoms with E-state index in [-0.39, 0.29) is 11.6 Å². The molecule has 3 heteroatoms. The number of nitrogens with two attached hydrogens (primary N) is 1. The Morgan fingerprint density at radius 2 is 1.77 bits per heavy atom. The second kappa shape index (κ2) is 5.32. The summed E-state index contributed by atoms with van der Waals surface area (Å²) >= 11 is 0. The molecule has 22 heavy (non-hydrogen) atoms. The van der Waals surface area contributed by atoms with E-state index in [0.717, 1.165) is 16.7 Å². The summed E-state index contributed by atoms with van der Waals surface area (Å²) < 4.78 is 0. The fourth-order valence-corrected chi connectivity index (χ4v) is 3.13. The number of nitriles is 1. The van der Waals surface area contributed by atoms with E-state index in [0.29, 0.717) is 12.0 Å². The predicted octanol–water partition coefficient (Wildman–Crippen LogP) is 3.11. The molecule has 0 unspecified atom stereocenters. The maximum atomic E-state index is 11.1. The molecule has 0 aliphatic heterocycles. The smallest absolute Gasteiger partial charge is 0.131 e. The molecule has 0 fully saturated rings. The van der Waals surface area contributed by atoms with Crippen LogP contribution in [0.2, 0.25) is 0 Å². The van der Waals surface area contributed by atoms with Crippen LogP contribution in [0.5, 0.6) is 0 Å². The minimum atomic E-state index is -1.28. The summed E-state index contributed by atoms with van der Waals surface area (Å²) in [6, 6.07) is 19.6. The van der Waals surface area contributed by atoms with Crippen LogP contribution in [-0.4, -0.2) is 5.11 Å². The Morgan fingerprint density at radius 1 is 1.14 bits per heavy atom. The van der Waals surface area contributed by atoms with Crippen molar-refractivity contribution in [3.05, 3.63) is 82.6 Å². The van der Waals surface area contributed by atoms with Gasteiger partial charge in [0.05, 0.1) is 17.3 Å². The van der Waals surface area contributed by atoms with Crippen LogP contribution in [-0.2, 0) is 5.60 Å². The van der Waals surface area contributed by atoms with Gasteiger partial charge in [-0.2, -0.15) is 5.26 Å². The van der Waals surface area contributed by atoms with E-state index in [1.165, 1.54) is 0 Å². The molecule has 110 valence electrons. The lowest BCUT2D eigenvalue weighted by Crippen LogP contribution is -2.30. The van der Waals surface area contributed by atoms with Crippen LogP contribution in [0.4, 0.5) is 0 Å². The lowest BCUT2D eigenvalue weighted by molar-refractivity contribution is 0.0724. The van der Waals surface area contributed by atoms with E-state index in [2.05, 4.69) is 6.07 Å². The fourth-order valence-electron chi connectivity index (χ4n) is 3.13. The third-order valence-corrected chi connectivity index (χ3v) is 4.44. The molecule has 1 aliphatic carbocycles. The standard InChI is InChI=1S/C19H18N2O/c1-13-7-9-15(10-8-13)19(22)11-16(17(12-20)18(19)21)14-5-3-2-4-6-14/h2-10,16,22H,11,21H2,1H3/t16-,19-/m0/s1. The molecular formula is C19H18N2O. The first-order valence-corrected chi connectivity index (χ1v) is 7.31. The van der Waals surface area contributed by atoms with Gasteiger partial charge < -0.3 is 10.8 Å². The van der Waals surface area contributed by atoms with Gasteiger partial charge in [0.25, 0.3) is 0 Å². The number of aryl methyl sites for hydroxylation is 1. The minimum absolute atomic E-state index is 0.169. The first-order valence-electron chi connectivity index (χ1n) is 7.31. The first-order chi connectivity index (χ1) is 10.6. The van der Waals surface area contributed by atoms with E-state index in [1.807, 2.05) is 61.5 Å². The van der Waals surface area contributed by atoms with Gasteiger partial charge in [-0.15, -0.1) is 0 Å². The van der Waals surface area contributed by atoms with E-state index in [4.69, 9.17) is 5.73 Å². The first kappa shape index (κ1) is 14.4. The Bertz CT molecular complexity index is 756. The molecule has 3 nitrogen and oxygen atoms in total. The Morgan fingerprint density at radius 3 is 2.36 bits per heavy atom. The Labute approximate surface area is 130 Å². The highest BCUT2D eigenvalue weighted by Crippen LogP contribution is 2.48. The molecule has 2 atom stereocenters. The Balaban J connectivity index is 2.07. The quantitative estimate of drug-likeness (QED) is 0.892. The summed E-state index contributed by atoms with van der Waals surface area (Å²) in [5.41, 5.74) is 8.49. The molecule has 2 aromatic rings. The van der Waals surface area contributed by atoms with Crippen LogP contribution in [0.15, 0.2) is 65.9 Å². The second-order valence-corrected chi connectivity index (χ2v) is 5.83. The molecule has 0 bridgehead atoms. The van der Waals surface area contributed by atoms with Gasteiger partial charge in [0.15, 0.2) is 0 Å². The number of aliphatic hydroxyl groups is 1. The molecule has 3 rings (SSSR count). The summed E-state index contributed by atoms with van der Waals surface area (Å²) in [6.45, 7) is 2.00. The summed E-state index contributed by atoms with van der Waals surface area (Å²) in [6.07, 6.45) is 0.398. The van der Waals surface area contributed by atoms with Crippen LogP contribution in [0.25, 0.3) is 0 Å². The highest BCUT2D eigenvalue weighted by atomic mass is 16.3. The van der Waals surface area contributed by atoms with Crippen molar-refractivity contribution in [3.63, 3.8) is 0 Å². The summed E-state index contributed by atoms with van der Waals surface area (Å²) in [7, 11) is 0. The van der Waals surface area contributed by atoms with Crippen LogP contribution in [0.1, 0.15) is 29.0 Å². The molecule has 0 saturated heterocycles. The summed E-state index contributed by atoms with van der Waals surface area (Å²) in [5.74, 6) is -0.169. The molecule has 0 amide bonds. The molecule has 0 saturated carbocycles. The van der Waals surface area contributed by atoms with E-state index >= 15 is 0 Å². The van der Waals surface area contributed by atoms with Crippen molar-refractivity contribution in [3.8, 4) is 6.07 Å². The topological polar surface area (TPSA) is 70.0 Å². The van der Waals surface area contributed by atoms with E-state index in [9.17, 15) is 10.4 Å². The third-order valence-electron chi connectivity index (χ3n) is 4.44. The average Bonchev–Trinajstić information content (AvgIpc) is 2.81. The Hall–Kier alpha value is -2.57. The van der Waals surface area contributed by atoms with E-state index in [1.54, 1.807) is 0 Å². The SMILES string of the molecule is Cc1ccc([C@@]2(O)C[C@@H](c3ccccc3)C(C#N)=C2N)cc1. The molecule has 0 spiro atoms. The third kappa shape index (κ3) is 2.18. The molecule has 0 heterocycles. The van der Waals surface area contributed by atoms with Crippen molar-refractivity contribution in [1.29, 1.82) is 5.26 Å². The van der Waals surface area contributed by atoms with Crippen LogP contribution < -0.4 is 5.73 Å². The molecule has 0 aromatic heterocycles. The summed E-state index contributed by atoms with van der Waals surface area (Å²) in [4.78, 5) is 0. The van der Waals surface area contributed by atoms with Gasteiger partial charge in [-0.3, -0.25) is 0 Å². The van der Waals surface area contributed by atoms with Gasteiger partial charge in [-0.05, 0) is 24.5 Å². The van der Waals surface area contributed by atoms with Crippen molar-refractivity contribution in [2.75, 3.05) is 0 Å². The van der Waals surface area contributed by atoms with Gasteiger partial charge in [0.1, 0.15) is 5.60 Å². The lowest BCUT2D eigenvalue weighted by atomic mass is 9.86. The zero-order valence-corrected chi connectivity index (χ0v) is 12.5. The summed E-state index contributed by atoms with van der Waals surface area (Å²) in [5, 5.41) is 20.6. The zero-order chi connectivity index (χ0) is 15.7. The van der Waals surface area contributed by atoms with Crippen LogP contribution >= 0.6 is 0 Å². The second-order valence-electron chi connectivity index (χ2n) is 5.83. The molecular weight excluding hydrogens is 272 g/mol. The monoisotopic (exact) mass is 290 g/mol. The largest absolute Gasteiger partial charge is 0.399 e. The van der Waals surface area contributed by atoms with Crippen molar-refractivity contribution in [2.45, 2.75) is 24.9 Å². The number of nitrogens with zero attached hydrogens (tertiary/aromatic N) is 1. The maximum Gasteiger partial charge on any atom is 0.131 e. The minimum Gasteiger partial charge on any atom is -0.399 e. The number of hydrogen-bond donors (Lipinski definition) is 2. The van der Waals surface area contributed by atoms with Gasteiger partial charge >= 0.3 is 0 Å². The van der Waals surface area contributed by atoms with Crippen molar-refractivity contribution >= 4 is 0 Å². The normalized spacial score (nSPS) is 24.3. The number of rotatable bonds is 2. The van der Waals surface area contributed by atoms with Crippen LogP contribution in [0.3, 0.4) is 0 Å². The fraction of sp³-hybridized carbons (Fsp3) is 0.211. The average molecular weight is 290 g/mol. The highest BCUT2D eigenvalue weighted by Gasteiger charge is 2.45. The van der Waals surface area contributed by atoms with Crippen molar-refractivity contribution in [1.82, 2.24) is 0 Å². The Kier molecular flexibility index (Phi) is 3.48. The van der Waals surface area contributed by atoms with Gasteiger partial charge in [0.2, 0.25) is 0 Å². The van der Waals surface area contributed by atoms with E-state index < -0.39 is 5.60 Å². The van der Waals surface area contributed by atoms with Crippen molar-refractivity contribution < 1.29 is 5.11 Å². The van der Waals surface area contributed by atoms with Gasteiger partial charge in [-0.25, -0.2) is 0 Å². The molecule has 1 aliphatic rings. The highest BCUT2D eigenvalue weighted by molar-refractivity contribution is 5.50. The number of allylic oxidation sites excluding steroid dienone is 1. The zero-order valence-electron chi connectivity index (χ0n) is 12.5. The predicted molar refractivity (Wildman–Crippen MR) is 85.7 cm³/mol. The van der Waals surface area contributed by atoms with Gasteiger partial charge in [0, 0.05) is 5.92 Å². The lowest BCUT2D eigenvalue weighted by Gasteiger charge is -2.25. The maximum absolute atomic E-state index is 11.1. The molecule has 2 aromatic carbocycles. The molecule has 3 N–H and O–H groups in total. The number of hydrogen-bond acceptors (Lipinski definition) is 3.